The number of hydrogen-bond donors (Lipinski definition) is 0. The van der Waals surface area contributed by atoms with Gasteiger partial charge in [0.15, 0.2) is 0 Å². The van der Waals surface area contributed by atoms with Crippen LogP contribution in [0.25, 0.3) is 0 Å². The summed E-state index contributed by atoms with van der Waals surface area (Å²) < 4.78 is 0. The van der Waals surface area contributed by atoms with Crippen molar-refractivity contribution in [2.75, 3.05) is 24.5 Å². The van der Waals surface area contributed by atoms with E-state index in [0.29, 0.717) is 18.9 Å². The standard InChI is InChI=1S/C19H27N3O/c1-2-19(23)22(17-9-5-3-6-10-17)18-11-15-21(16-12-18)14-8-4-7-13-20/h3,5-6,9-10,18H,2,4,7-8,11-12,14-16H2,1H3. The van der Waals surface area contributed by atoms with Crippen LogP contribution in [-0.4, -0.2) is 36.5 Å². The summed E-state index contributed by atoms with van der Waals surface area (Å²) in [4.78, 5) is 16.9. The molecular weight excluding hydrogens is 286 g/mol. The summed E-state index contributed by atoms with van der Waals surface area (Å²) in [6.45, 7) is 5.08. The molecular formula is C19H27N3O. The molecule has 1 saturated heterocycles. The number of carbonyl (C=O) groups is 1. The number of piperidine rings is 1. The van der Waals surface area contributed by atoms with Gasteiger partial charge in [0.25, 0.3) is 0 Å². The number of likely N-dealkylation sites (tertiary alicyclic amines) is 1. The van der Waals surface area contributed by atoms with Gasteiger partial charge in [-0.25, -0.2) is 0 Å². The molecule has 4 heteroatoms. The Morgan fingerprint density at radius 1 is 1.26 bits per heavy atom. The first kappa shape index (κ1) is 17.5. The van der Waals surface area contributed by atoms with Gasteiger partial charge >= 0.3 is 0 Å². The van der Waals surface area contributed by atoms with Gasteiger partial charge in [-0.15, -0.1) is 0 Å². The molecule has 1 fully saturated rings. The van der Waals surface area contributed by atoms with Gasteiger partial charge in [-0.1, -0.05) is 25.1 Å². The van der Waals surface area contributed by atoms with Crippen LogP contribution in [0.2, 0.25) is 0 Å². The van der Waals surface area contributed by atoms with Gasteiger partial charge in [-0.3, -0.25) is 4.79 Å². The van der Waals surface area contributed by atoms with Crippen LogP contribution in [0.1, 0.15) is 45.4 Å². The van der Waals surface area contributed by atoms with E-state index in [1.54, 1.807) is 0 Å². The first-order chi connectivity index (χ1) is 11.3. The predicted octanol–water partition coefficient (Wildman–Crippen LogP) is 3.59. The van der Waals surface area contributed by atoms with Gasteiger partial charge in [0.1, 0.15) is 0 Å². The average Bonchev–Trinajstić information content (AvgIpc) is 2.61. The molecule has 1 aliphatic rings. The maximum atomic E-state index is 12.4. The zero-order valence-corrected chi connectivity index (χ0v) is 14.1. The van der Waals surface area contributed by atoms with Crippen molar-refractivity contribution in [3.05, 3.63) is 30.3 Å². The summed E-state index contributed by atoms with van der Waals surface area (Å²) in [7, 11) is 0. The van der Waals surface area contributed by atoms with Gasteiger partial charge in [-0.2, -0.15) is 5.26 Å². The molecule has 0 unspecified atom stereocenters. The van der Waals surface area contributed by atoms with Crippen molar-refractivity contribution in [3.63, 3.8) is 0 Å². The molecule has 1 heterocycles. The minimum absolute atomic E-state index is 0.212. The summed E-state index contributed by atoms with van der Waals surface area (Å²) in [5.41, 5.74) is 1.02. The largest absolute Gasteiger partial charge is 0.309 e. The van der Waals surface area contributed by atoms with E-state index in [1.807, 2.05) is 42.2 Å². The smallest absolute Gasteiger partial charge is 0.226 e. The highest BCUT2D eigenvalue weighted by Gasteiger charge is 2.28. The molecule has 0 N–H and O–H groups in total. The summed E-state index contributed by atoms with van der Waals surface area (Å²) >= 11 is 0. The van der Waals surface area contributed by atoms with E-state index in [-0.39, 0.29) is 5.91 Å². The van der Waals surface area contributed by atoms with Crippen LogP contribution in [0.3, 0.4) is 0 Å². The highest BCUT2D eigenvalue weighted by atomic mass is 16.2. The van der Waals surface area contributed by atoms with Crippen LogP contribution in [0, 0.1) is 11.3 Å². The third kappa shape index (κ3) is 5.07. The molecule has 0 aromatic heterocycles. The summed E-state index contributed by atoms with van der Waals surface area (Å²) in [5, 5.41) is 8.58. The molecule has 0 aliphatic carbocycles. The number of nitrogens with zero attached hydrogens (tertiary/aromatic N) is 3. The van der Waals surface area contributed by atoms with Crippen molar-refractivity contribution < 1.29 is 4.79 Å². The number of benzene rings is 1. The van der Waals surface area contributed by atoms with Crippen LogP contribution >= 0.6 is 0 Å². The Morgan fingerprint density at radius 3 is 2.57 bits per heavy atom. The minimum Gasteiger partial charge on any atom is -0.309 e. The molecule has 0 radical (unpaired) electrons. The summed E-state index contributed by atoms with van der Waals surface area (Å²) in [6.07, 6.45) is 5.33. The molecule has 1 aliphatic heterocycles. The van der Waals surface area contributed by atoms with Crippen LogP contribution < -0.4 is 4.90 Å². The Labute approximate surface area is 139 Å². The Morgan fingerprint density at radius 2 is 1.96 bits per heavy atom. The Bertz CT molecular complexity index is 515. The van der Waals surface area contributed by atoms with Gasteiger partial charge in [-0.05, 0) is 44.4 Å². The lowest BCUT2D eigenvalue weighted by Crippen LogP contribution is -2.47. The minimum atomic E-state index is 0.212. The zero-order valence-electron chi connectivity index (χ0n) is 14.1. The van der Waals surface area contributed by atoms with Crippen molar-refractivity contribution in [2.24, 2.45) is 0 Å². The molecule has 1 aromatic rings. The summed E-state index contributed by atoms with van der Waals surface area (Å²) in [6, 6.07) is 12.5. The highest BCUT2D eigenvalue weighted by molar-refractivity contribution is 5.93. The molecule has 1 aromatic carbocycles. The highest BCUT2D eigenvalue weighted by Crippen LogP contribution is 2.24. The lowest BCUT2D eigenvalue weighted by atomic mass is 10.0. The molecule has 0 saturated carbocycles. The van der Waals surface area contributed by atoms with E-state index in [1.165, 1.54) is 0 Å². The Hall–Kier alpha value is -1.86. The summed E-state index contributed by atoms with van der Waals surface area (Å²) in [5.74, 6) is 0.212. The topological polar surface area (TPSA) is 47.3 Å². The van der Waals surface area contributed by atoms with Crippen molar-refractivity contribution in [2.45, 2.75) is 51.5 Å². The van der Waals surface area contributed by atoms with Gasteiger partial charge < -0.3 is 9.80 Å². The molecule has 4 nitrogen and oxygen atoms in total. The SMILES string of the molecule is CCC(=O)N(c1ccccc1)C1CCN(CCCCC#N)CC1. The van der Waals surface area contributed by atoms with Crippen molar-refractivity contribution in [1.29, 1.82) is 5.26 Å². The molecule has 2 rings (SSSR count). The van der Waals surface area contributed by atoms with E-state index in [2.05, 4.69) is 11.0 Å². The quantitative estimate of drug-likeness (QED) is 0.723. The maximum Gasteiger partial charge on any atom is 0.226 e. The second-order valence-corrected chi connectivity index (χ2v) is 6.14. The molecule has 23 heavy (non-hydrogen) atoms. The lowest BCUT2D eigenvalue weighted by molar-refractivity contribution is -0.119. The number of rotatable bonds is 7. The number of amides is 1. The number of hydrogen-bond acceptors (Lipinski definition) is 3. The number of nitriles is 1. The predicted molar refractivity (Wildman–Crippen MR) is 93.1 cm³/mol. The fraction of sp³-hybridized carbons (Fsp3) is 0.579. The number of unbranched alkanes of at least 4 members (excludes halogenated alkanes) is 2. The van der Waals surface area contributed by atoms with E-state index < -0.39 is 0 Å². The lowest BCUT2D eigenvalue weighted by Gasteiger charge is -2.38. The van der Waals surface area contributed by atoms with Crippen molar-refractivity contribution in [1.82, 2.24) is 4.90 Å². The normalized spacial score (nSPS) is 16.0. The first-order valence-corrected chi connectivity index (χ1v) is 8.72. The van der Waals surface area contributed by atoms with E-state index in [4.69, 9.17) is 5.26 Å². The Balaban J connectivity index is 1.90. The van der Waals surface area contributed by atoms with Crippen LogP contribution in [0.5, 0.6) is 0 Å². The zero-order chi connectivity index (χ0) is 16.5. The fourth-order valence-electron chi connectivity index (χ4n) is 3.26. The molecule has 0 bridgehead atoms. The maximum absolute atomic E-state index is 12.4. The second-order valence-electron chi connectivity index (χ2n) is 6.14. The molecule has 1 amide bonds. The Kier molecular flexibility index (Phi) is 7.09. The number of anilines is 1. The van der Waals surface area contributed by atoms with E-state index >= 15 is 0 Å². The number of carbonyl (C=O) groups excluding carboxylic acids is 1. The van der Waals surface area contributed by atoms with Crippen molar-refractivity contribution in [3.8, 4) is 6.07 Å². The van der Waals surface area contributed by atoms with Gasteiger partial charge in [0.05, 0.1) is 6.07 Å². The van der Waals surface area contributed by atoms with Gasteiger partial charge in [0.2, 0.25) is 5.91 Å². The van der Waals surface area contributed by atoms with Crippen molar-refractivity contribution >= 4 is 11.6 Å². The number of para-hydroxylation sites is 1. The van der Waals surface area contributed by atoms with E-state index in [0.717, 1.165) is 51.0 Å². The third-order valence-corrected chi connectivity index (χ3v) is 4.54. The molecule has 124 valence electrons. The second kappa shape index (κ2) is 9.32. The van der Waals surface area contributed by atoms with Crippen LogP contribution in [0.4, 0.5) is 5.69 Å². The third-order valence-electron chi connectivity index (χ3n) is 4.54. The van der Waals surface area contributed by atoms with E-state index in [9.17, 15) is 4.79 Å². The first-order valence-electron chi connectivity index (χ1n) is 8.72. The fourth-order valence-corrected chi connectivity index (χ4v) is 3.26. The van der Waals surface area contributed by atoms with Gasteiger partial charge in [0, 0.05) is 37.7 Å². The molecule has 0 atom stereocenters. The average molecular weight is 313 g/mol. The van der Waals surface area contributed by atoms with Crippen LogP contribution in [0.15, 0.2) is 30.3 Å². The van der Waals surface area contributed by atoms with Crippen LogP contribution in [-0.2, 0) is 4.79 Å². The molecule has 0 spiro atoms. The monoisotopic (exact) mass is 313 g/mol.